The summed E-state index contributed by atoms with van der Waals surface area (Å²) < 4.78 is 53.5. The lowest BCUT2D eigenvalue weighted by atomic mass is 9.86. The number of piperidine rings is 1. The molecule has 1 aliphatic carbocycles. The predicted octanol–water partition coefficient (Wildman–Crippen LogP) is 2.53. The lowest BCUT2D eigenvalue weighted by Gasteiger charge is -2.39. The highest BCUT2D eigenvalue weighted by Gasteiger charge is 2.38. The third kappa shape index (κ3) is 4.96. The number of alkyl halides is 2. The molecule has 5 rings (SSSR count). The van der Waals surface area contributed by atoms with Crippen LogP contribution in [0.5, 0.6) is 0 Å². The van der Waals surface area contributed by atoms with Crippen molar-refractivity contribution in [3.63, 3.8) is 0 Å². The van der Waals surface area contributed by atoms with Crippen molar-refractivity contribution in [3.8, 4) is 11.4 Å². The molecule has 1 unspecified atom stereocenters. The topological polar surface area (TPSA) is 105 Å². The quantitative estimate of drug-likeness (QED) is 0.557. The number of sulfonamides is 1. The molecule has 3 aromatic rings. The van der Waals surface area contributed by atoms with E-state index in [2.05, 4.69) is 29.7 Å². The molecule has 2 aliphatic rings. The molecule has 2 atom stereocenters. The SMILES string of the molecule is CS(=O)(=O)NC[C@H]1CC(C2CC2)CN(c2cc(-c3cnc4ccc(C(F)F)nn34)ncn2)C1. The fourth-order valence-electron chi connectivity index (χ4n) is 4.60. The van der Waals surface area contributed by atoms with Gasteiger partial charge < -0.3 is 4.90 Å². The van der Waals surface area contributed by atoms with Gasteiger partial charge in [0, 0.05) is 25.7 Å². The third-order valence-electron chi connectivity index (χ3n) is 6.34. The van der Waals surface area contributed by atoms with Gasteiger partial charge in [-0.25, -0.2) is 41.4 Å². The highest BCUT2D eigenvalue weighted by Crippen LogP contribution is 2.43. The Morgan fingerprint density at radius 3 is 2.70 bits per heavy atom. The van der Waals surface area contributed by atoms with Crippen LogP contribution in [-0.4, -0.2) is 58.9 Å². The van der Waals surface area contributed by atoms with Crippen molar-refractivity contribution in [2.75, 3.05) is 30.8 Å². The van der Waals surface area contributed by atoms with E-state index in [0.717, 1.165) is 18.8 Å². The molecule has 3 aromatic heterocycles. The van der Waals surface area contributed by atoms with Gasteiger partial charge in [-0.05, 0) is 49.1 Å². The van der Waals surface area contributed by atoms with Gasteiger partial charge >= 0.3 is 0 Å². The summed E-state index contributed by atoms with van der Waals surface area (Å²) in [5.74, 6) is 2.04. The maximum absolute atomic E-state index is 13.2. The number of aromatic nitrogens is 5. The lowest BCUT2D eigenvalue weighted by Crippen LogP contribution is -2.45. The van der Waals surface area contributed by atoms with E-state index in [1.807, 2.05) is 6.07 Å². The Kier molecular flexibility index (Phi) is 5.73. The second-order valence-corrected chi connectivity index (χ2v) is 10.8. The number of fused-ring (bicyclic) bond motifs is 1. The van der Waals surface area contributed by atoms with Gasteiger partial charge in [-0.3, -0.25) is 0 Å². The van der Waals surface area contributed by atoms with Gasteiger partial charge in [-0.2, -0.15) is 5.10 Å². The third-order valence-corrected chi connectivity index (χ3v) is 7.03. The number of halogens is 2. The number of rotatable bonds is 7. The molecule has 4 heterocycles. The zero-order valence-electron chi connectivity index (χ0n) is 18.1. The highest BCUT2D eigenvalue weighted by molar-refractivity contribution is 7.88. The van der Waals surface area contributed by atoms with E-state index in [9.17, 15) is 17.2 Å². The predicted molar refractivity (Wildman–Crippen MR) is 118 cm³/mol. The Bertz CT molecular complexity index is 1260. The van der Waals surface area contributed by atoms with Crippen LogP contribution in [0, 0.1) is 17.8 Å². The van der Waals surface area contributed by atoms with Crippen molar-refractivity contribution in [3.05, 3.63) is 36.4 Å². The van der Waals surface area contributed by atoms with Crippen molar-refractivity contribution < 1.29 is 17.2 Å². The van der Waals surface area contributed by atoms with Gasteiger partial charge in [0.25, 0.3) is 6.43 Å². The maximum atomic E-state index is 13.2. The zero-order valence-corrected chi connectivity index (χ0v) is 18.9. The molecule has 1 saturated carbocycles. The summed E-state index contributed by atoms with van der Waals surface area (Å²) in [6.45, 7) is 1.91. The van der Waals surface area contributed by atoms with Crippen LogP contribution in [0.3, 0.4) is 0 Å². The smallest absolute Gasteiger partial charge is 0.282 e. The molecule has 0 amide bonds. The average molecular weight is 478 g/mol. The largest absolute Gasteiger partial charge is 0.356 e. The molecule has 2 fully saturated rings. The molecule has 0 bridgehead atoms. The standard InChI is InChI=1S/C21H25F2N7O2S/c1-33(31,32)27-8-13-6-15(14-2-3-14)11-29(10-13)20-7-17(25-12-26-20)18-9-24-19-5-4-16(21(22)23)28-30(18)19/h4-5,7,9,12-15,21,27H,2-3,6,8,10-11H2,1H3/t13-,15?/m1/s1. The monoisotopic (exact) mass is 477 g/mol. The summed E-state index contributed by atoms with van der Waals surface area (Å²) >= 11 is 0. The van der Waals surface area contributed by atoms with Crippen LogP contribution in [0.1, 0.15) is 31.4 Å². The van der Waals surface area contributed by atoms with Gasteiger partial charge in [0.1, 0.15) is 23.5 Å². The highest BCUT2D eigenvalue weighted by atomic mass is 32.2. The molecule has 1 saturated heterocycles. The van der Waals surface area contributed by atoms with Gasteiger partial charge in [-0.15, -0.1) is 0 Å². The van der Waals surface area contributed by atoms with E-state index in [1.54, 1.807) is 6.20 Å². The van der Waals surface area contributed by atoms with E-state index < -0.39 is 16.4 Å². The number of anilines is 1. The molecule has 0 spiro atoms. The second-order valence-electron chi connectivity index (χ2n) is 8.96. The molecule has 176 valence electrons. The minimum atomic E-state index is -3.26. The van der Waals surface area contributed by atoms with E-state index in [1.165, 1.54) is 42.1 Å². The normalized spacial score (nSPS) is 21.8. The Hall–Kier alpha value is -2.73. The Morgan fingerprint density at radius 2 is 1.97 bits per heavy atom. The Labute approximate surface area is 190 Å². The first-order valence-corrected chi connectivity index (χ1v) is 12.8. The summed E-state index contributed by atoms with van der Waals surface area (Å²) in [5.41, 5.74) is 1.15. The fraction of sp³-hybridized carbons (Fsp3) is 0.524. The molecular formula is C21H25F2N7O2S. The van der Waals surface area contributed by atoms with Crippen LogP contribution < -0.4 is 9.62 Å². The van der Waals surface area contributed by atoms with Crippen molar-refractivity contribution >= 4 is 21.5 Å². The lowest BCUT2D eigenvalue weighted by molar-refractivity contribution is 0.144. The first-order valence-electron chi connectivity index (χ1n) is 10.9. The number of nitrogens with zero attached hydrogens (tertiary/aromatic N) is 6. The van der Waals surface area contributed by atoms with Crippen molar-refractivity contribution in [1.29, 1.82) is 0 Å². The molecule has 12 heteroatoms. The van der Waals surface area contributed by atoms with Gasteiger partial charge in [0.15, 0.2) is 5.65 Å². The zero-order chi connectivity index (χ0) is 23.2. The second kappa shape index (κ2) is 8.56. The molecule has 1 aliphatic heterocycles. The first kappa shape index (κ1) is 22.1. The molecule has 9 nitrogen and oxygen atoms in total. The van der Waals surface area contributed by atoms with Gasteiger partial charge in [0.05, 0.1) is 18.1 Å². The minimum absolute atomic E-state index is 0.170. The summed E-state index contributed by atoms with van der Waals surface area (Å²) in [6, 6.07) is 4.58. The van der Waals surface area contributed by atoms with Gasteiger partial charge in [-0.1, -0.05) is 0 Å². The van der Waals surface area contributed by atoms with Crippen LogP contribution in [0.15, 0.2) is 30.7 Å². The van der Waals surface area contributed by atoms with E-state index >= 15 is 0 Å². The van der Waals surface area contributed by atoms with Crippen LogP contribution in [-0.2, 0) is 10.0 Å². The summed E-state index contributed by atoms with van der Waals surface area (Å²) in [4.78, 5) is 15.2. The summed E-state index contributed by atoms with van der Waals surface area (Å²) in [5, 5.41) is 4.02. The molecule has 1 N–H and O–H groups in total. The number of imidazole rings is 1. The van der Waals surface area contributed by atoms with E-state index in [-0.39, 0.29) is 11.6 Å². The van der Waals surface area contributed by atoms with Crippen molar-refractivity contribution in [1.82, 2.24) is 29.3 Å². The molecule has 0 aromatic carbocycles. The van der Waals surface area contributed by atoms with Crippen molar-refractivity contribution in [2.45, 2.75) is 25.7 Å². The molecule has 33 heavy (non-hydrogen) atoms. The first-order chi connectivity index (χ1) is 15.8. The maximum Gasteiger partial charge on any atom is 0.282 e. The number of nitrogens with one attached hydrogen (secondary N) is 1. The minimum Gasteiger partial charge on any atom is -0.356 e. The van der Waals surface area contributed by atoms with E-state index in [0.29, 0.717) is 42.0 Å². The molecule has 0 radical (unpaired) electrons. The summed E-state index contributed by atoms with van der Waals surface area (Å²) in [7, 11) is -3.26. The van der Waals surface area contributed by atoms with Crippen LogP contribution in [0.4, 0.5) is 14.6 Å². The number of hydrogen-bond acceptors (Lipinski definition) is 7. The Morgan fingerprint density at radius 1 is 1.15 bits per heavy atom. The van der Waals surface area contributed by atoms with Crippen molar-refractivity contribution in [2.24, 2.45) is 17.8 Å². The van der Waals surface area contributed by atoms with Crippen LogP contribution >= 0.6 is 0 Å². The average Bonchev–Trinajstić information content (AvgIpc) is 3.56. The Balaban J connectivity index is 1.43. The fourth-order valence-corrected chi connectivity index (χ4v) is 5.14. The summed E-state index contributed by atoms with van der Waals surface area (Å²) in [6.07, 6.45) is 4.90. The van der Waals surface area contributed by atoms with Crippen LogP contribution in [0.25, 0.3) is 17.0 Å². The number of hydrogen-bond donors (Lipinski definition) is 1. The van der Waals surface area contributed by atoms with E-state index in [4.69, 9.17) is 0 Å². The molecular weight excluding hydrogens is 452 g/mol. The van der Waals surface area contributed by atoms with Crippen LogP contribution in [0.2, 0.25) is 0 Å². The van der Waals surface area contributed by atoms with Gasteiger partial charge in [0.2, 0.25) is 10.0 Å².